The fourth-order valence-corrected chi connectivity index (χ4v) is 3.02. The summed E-state index contributed by atoms with van der Waals surface area (Å²) < 4.78 is 18.6. The molecule has 0 saturated heterocycles. The van der Waals surface area contributed by atoms with Crippen LogP contribution in [0.5, 0.6) is 5.75 Å². The molecule has 0 aliphatic heterocycles. The molecule has 1 amide bonds. The highest BCUT2D eigenvalue weighted by atomic mass is 35.5. The van der Waals surface area contributed by atoms with E-state index < -0.39 is 11.7 Å². The molecule has 1 heterocycles. The van der Waals surface area contributed by atoms with Gasteiger partial charge in [-0.05, 0) is 49.4 Å². The number of nitrogens with zero attached hydrogens (tertiary/aromatic N) is 1. The van der Waals surface area contributed by atoms with Gasteiger partial charge in [0.15, 0.2) is 5.13 Å². The summed E-state index contributed by atoms with van der Waals surface area (Å²) in [6.07, 6.45) is 0. The summed E-state index contributed by atoms with van der Waals surface area (Å²) in [6, 6.07) is 11.4. The predicted molar refractivity (Wildman–Crippen MR) is 102 cm³/mol. The van der Waals surface area contributed by atoms with E-state index in [4.69, 9.17) is 16.3 Å². The third kappa shape index (κ3) is 4.50. The molecule has 0 aliphatic carbocycles. The van der Waals surface area contributed by atoms with Crippen LogP contribution in [0.1, 0.15) is 17.4 Å². The largest absolute Gasteiger partial charge is 0.494 e. The second-order valence-electron chi connectivity index (χ2n) is 5.20. The monoisotopic (exact) mass is 391 g/mol. The van der Waals surface area contributed by atoms with E-state index in [9.17, 15) is 9.18 Å². The average Bonchev–Trinajstić information content (AvgIpc) is 3.09. The van der Waals surface area contributed by atoms with Crippen LogP contribution in [0.15, 0.2) is 47.8 Å². The van der Waals surface area contributed by atoms with E-state index in [1.165, 1.54) is 29.5 Å². The maximum Gasteiger partial charge on any atom is 0.275 e. The molecule has 3 aromatic rings. The van der Waals surface area contributed by atoms with Crippen molar-refractivity contribution in [1.29, 1.82) is 0 Å². The Morgan fingerprint density at radius 1 is 1.23 bits per heavy atom. The van der Waals surface area contributed by atoms with E-state index in [1.54, 1.807) is 5.38 Å². The lowest BCUT2D eigenvalue weighted by Crippen LogP contribution is -2.12. The van der Waals surface area contributed by atoms with Crippen LogP contribution in [-0.4, -0.2) is 17.5 Å². The van der Waals surface area contributed by atoms with Crippen LogP contribution in [0, 0.1) is 5.82 Å². The maximum absolute atomic E-state index is 13.2. The molecule has 8 heteroatoms. The Hall–Kier alpha value is -2.64. The van der Waals surface area contributed by atoms with Gasteiger partial charge in [-0.1, -0.05) is 11.6 Å². The second-order valence-corrected chi connectivity index (χ2v) is 6.47. The Kier molecular flexibility index (Phi) is 5.70. The molecule has 2 aromatic carbocycles. The van der Waals surface area contributed by atoms with E-state index in [1.807, 2.05) is 31.2 Å². The van der Waals surface area contributed by atoms with Gasteiger partial charge in [0.05, 0.1) is 11.6 Å². The highest BCUT2D eigenvalue weighted by molar-refractivity contribution is 7.14. The first-order valence-corrected chi connectivity index (χ1v) is 9.02. The molecule has 3 rings (SSSR count). The standard InChI is InChI=1S/C18H15ClFN3O2S/c1-2-25-13-6-3-11(4-7-13)22-18-23-16(10-26-18)17(24)21-12-5-8-15(20)14(19)9-12/h3-10H,2H2,1H3,(H,21,24)(H,22,23). The highest BCUT2D eigenvalue weighted by Gasteiger charge is 2.12. The van der Waals surface area contributed by atoms with E-state index in [0.717, 1.165) is 11.4 Å². The zero-order chi connectivity index (χ0) is 18.5. The number of hydrogen-bond donors (Lipinski definition) is 2. The number of carbonyl (C=O) groups excluding carboxylic acids is 1. The molecule has 0 aliphatic rings. The highest BCUT2D eigenvalue weighted by Crippen LogP contribution is 2.24. The normalized spacial score (nSPS) is 10.4. The van der Waals surface area contributed by atoms with Crippen molar-refractivity contribution in [2.45, 2.75) is 6.92 Å². The zero-order valence-corrected chi connectivity index (χ0v) is 15.3. The molecular weight excluding hydrogens is 377 g/mol. The fourth-order valence-electron chi connectivity index (χ4n) is 2.13. The Morgan fingerprint density at radius 3 is 2.65 bits per heavy atom. The molecule has 0 unspecified atom stereocenters. The minimum absolute atomic E-state index is 0.0565. The number of rotatable bonds is 6. The van der Waals surface area contributed by atoms with Crippen molar-refractivity contribution in [3.8, 4) is 5.75 Å². The Morgan fingerprint density at radius 2 is 1.96 bits per heavy atom. The molecule has 134 valence electrons. The first-order valence-electron chi connectivity index (χ1n) is 7.77. The number of carbonyl (C=O) groups is 1. The van der Waals surface area contributed by atoms with Crippen molar-refractivity contribution in [3.05, 3.63) is 64.4 Å². The van der Waals surface area contributed by atoms with Crippen LogP contribution in [0.25, 0.3) is 0 Å². The smallest absolute Gasteiger partial charge is 0.275 e. The lowest BCUT2D eigenvalue weighted by atomic mass is 10.3. The molecule has 5 nitrogen and oxygen atoms in total. The number of hydrogen-bond acceptors (Lipinski definition) is 5. The molecular formula is C18H15ClFN3O2S. The Labute approximate surface area is 158 Å². The first kappa shape index (κ1) is 18.2. The van der Waals surface area contributed by atoms with Gasteiger partial charge < -0.3 is 15.4 Å². The van der Waals surface area contributed by atoms with E-state index in [2.05, 4.69) is 15.6 Å². The second kappa shape index (κ2) is 8.16. The number of aromatic nitrogens is 1. The summed E-state index contributed by atoms with van der Waals surface area (Å²) in [6.45, 7) is 2.53. The minimum Gasteiger partial charge on any atom is -0.494 e. The van der Waals surface area contributed by atoms with Crippen molar-refractivity contribution in [3.63, 3.8) is 0 Å². The number of nitrogens with one attached hydrogen (secondary N) is 2. The van der Waals surface area contributed by atoms with Crippen LogP contribution in [0.2, 0.25) is 5.02 Å². The van der Waals surface area contributed by atoms with E-state index in [0.29, 0.717) is 17.4 Å². The van der Waals surface area contributed by atoms with Gasteiger partial charge in [0.25, 0.3) is 5.91 Å². The molecule has 0 fully saturated rings. The van der Waals surface area contributed by atoms with Gasteiger partial charge >= 0.3 is 0 Å². The van der Waals surface area contributed by atoms with Gasteiger partial charge in [-0.25, -0.2) is 9.37 Å². The number of halogens is 2. The summed E-state index contributed by atoms with van der Waals surface area (Å²) in [5.74, 6) is -0.154. The van der Waals surface area contributed by atoms with Crippen LogP contribution < -0.4 is 15.4 Å². The van der Waals surface area contributed by atoms with Crippen molar-refractivity contribution in [2.24, 2.45) is 0 Å². The van der Waals surface area contributed by atoms with Crippen LogP contribution in [0.4, 0.5) is 20.9 Å². The third-order valence-corrected chi connectivity index (χ3v) is 4.38. The summed E-state index contributed by atoms with van der Waals surface area (Å²) in [5, 5.41) is 7.92. The summed E-state index contributed by atoms with van der Waals surface area (Å²) in [4.78, 5) is 16.5. The van der Waals surface area contributed by atoms with Crippen LogP contribution in [0.3, 0.4) is 0 Å². The molecule has 1 aromatic heterocycles. The van der Waals surface area contributed by atoms with Gasteiger partial charge in [-0.15, -0.1) is 11.3 Å². The topological polar surface area (TPSA) is 63.2 Å². The van der Waals surface area contributed by atoms with Crippen molar-refractivity contribution in [2.75, 3.05) is 17.2 Å². The van der Waals surface area contributed by atoms with E-state index >= 15 is 0 Å². The summed E-state index contributed by atoms with van der Waals surface area (Å²) in [7, 11) is 0. The Bertz CT molecular complexity index is 915. The molecule has 0 radical (unpaired) electrons. The van der Waals surface area contributed by atoms with Crippen molar-refractivity contribution < 1.29 is 13.9 Å². The number of ether oxygens (including phenoxy) is 1. The molecule has 0 bridgehead atoms. The lowest BCUT2D eigenvalue weighted by Gasteiger charge is -2.06. The molecule has 0 atom stereocenters. The van der Waals surface area contributed by atoms with Gasteiger partial charge in [0.2, 0.25) is 0 Å². The van der Waals surface area contributed by atoms with Crippen molar-refractivity contribution >= 4 is 45.4 Å². The van der Waals surface area contributed by atoms with Gasteiger partial charge in [-0.3, -0.25) is 4.79 Å². The lowest BCUT2D eigenvalue weighted by molar-refractivity contribution is 0.102. The molecule has 2 N–H and O–H groups in total. The summed E-state index contributed by atoms with van der Waals surface area (Å²) in [5.41, 5.74) is 1.49. The zero-order valence-electron chi connectivity index (χ0n) is 13.8. The maximum atomic E-state index is 13.2. The fraction of sp³-hybridized carbons (Fsp3) is 0.111. The Balaban J connectivity index is 1.64. The van der Waals surface area contributed by atoms with Gasteiger partial charge in [-0.2, -0.15) is 0 Å². The predicted octanol–water partition coefficient (Wildman–Crippen LogP) is 5.33. The average molecular weight is 392 g/mol. The molecule has 0 spiro atoms. The first-order chi connectivity index (χ1) is 12.5. The SMILES string of the molecule is CCOc1ccc(Nc2nc(C(=O)Nc3ccc(F)c(Cl)c3)cs2)cc1. The molecule has 26 heavy (non-hydrogen) atoms. The number of anilines is 3. The van der Waals surface area contributed by atoms with Crippen molar-refractivity contribution in [1.82, 2.24) is 4.98 Å². The number of thiazole rings is 1. The summed E-state index contributed by atoms with van der Waals surface area (Å²) >= 11 is 7.01. The minimum atomic E-state index is -0.542. The molecule has 0 saturated carbocycles. The van der Waals surface area contributed by atoms with Gasteiger partial charge in [0, 0.05) is 16.8 Å². The van der Waals surface area contributed by atoms with Crippen LogP contribution >= 0.6 is 22.9 Å². The third-order valence-electron chi connectivity index (χ3n) is 3.33. The van der Waals surface area contributed by atoms with E-state index in [-0.39, 0.29) is 10.7 Å². The quantitative estimate of drug-likeness (QED) is 0.596. The van der Waals surface area contributed by atoms with Crippen LogP contribution in [-0.2, 0) is 0 Å². The van der Waals surface area contributed by atoms with Gasteiger partial charge in [0.1, 0.15) is 17.3 Å². The number of amides is 1. The number of benzene rings is 2.